The molecule has 124 valence electrons. The number of para-hydroxylation sites is 1. The van der Waals surface area contributed by atoms with E-state index in [1.54, 1.807) is 7.05 Å². The summed E-state index contributed by atoms with van der Waals surface area (Å²) in [7, 11) is 1.80. The average molecular weight is 351 g/mol. The number of hydrogen-bond acceptors (Lipinski definition) is 6. The molecule has 0 spiro atoms. The predicted octanol–water partition coefficient (Wildman–Crippen LogP) is 4.21. The fourth-order valence-electron chi connectivity index (χ4n) is 2.06. The van der Waals surface area contributed by atoms with Crippen LogP contribution >= 0.6 is 23.1 Å². The third-order valence-corrected chi connectivity index (χ3v) is 5.75. The monoisotopic (exact) mass is 350 g/mol. The van der Waals surface area contributed by atoms with E-state index in [1.165, 1.54) is 28.7 Å². The largest absolute Gasteiger partial charge is 0.363 e. The van der Waals surface area contributed by atoms with Crippen molar-refractivity contribution < 1.29 is 4.79 Å². The van der Waals surface area contributed by atoms with Crippen LogP contribution in [0, 0.1) is 0 Å². The third kappa shape index (κ3) is 4.68. The molecule has 0 saturated heterocycles. The number of hydrogen-bond donors (Lipinski definition) is 2. The zero-order valence-corrected chi connectivity index (χ0v) is 15.4. The number of benzene rings is 1. The van der Waals surface area contributed by atoms with Crippen molar-refractivity contribution in [3.05, 3.63) is 29.8 Å². The van der Waals surface area contributed by atoms with Gasteiger partial charge in [-0.2, -0.15) is 0 Å². The van der Waals surface area contributed by atoms with E-state index in [2.05, 4.69) is 40.7 Å². The summed E-state index contributed by atoms with van der Waals surface area (Å²) >= 11 is 2.87. The van der Waals surface area contributed by atoms with Gasteiger partial charge in [0.1, 0.15) is 0 Å². The molecule has 0 saturated carbocycles. The normalized spacial score (nSPS) is 13.4. The zero-order valence-electron chi connectivity index (χ0n) is 13.8. The lowest BCUT2D eigenvalue weighted by atomic mass is 9.97. The van der Waals surface area contributed by atoms with Crippen LogP contribution < -0.4 is 10.6 Å². The van der Waals surface area contributed by atoms with E-state index >= 15 is 0 Å². The minimum atomic E-state index is -0.238. The first-order valence-electron chi connectivity index (χ1n) is 7.62. The number of rotatable bonds is 7. The second kappa shape index (κ2) is 8.31. The quantitative estimate of drug-likeness (QED) is 0.732. The SMILES string of the molecule is CC[C@H](C)c1ccccc1NC(=O)[C@H](C)Sc1nnc(NC)s1. The number of nitrogens with zero attached hydrogens (tertiary/aromatic N) is 2. The standard InChI is InChI=1S/C16H22N4OS2/c1-5-10(2)12-8-6-7-9-13(12)18-14(21)11(3)22-16-20-19-15(17-4)23-16/h6-11H,5H2,1-4H3,(H,17,19)(H,18,21)/t10-,11-/m0/s1. The molecule has 0 fully saturated rings. The van der Waals surface area contributed by atoms with Gasteiger partial charge in [-0.1, -0.05) is 55.1 Å². The highest BCUT2D eigenvalue weighted by molar-refractivity contribution is 8.02. The van der Waals surface area contributed by atoms with Crippen LogP contribution in [0.4, 0.5) is 10.8 Å². The molecule has 23 heavy (non-hydrogen) atoms. The van der Waals surface area contributed by atoms with E-state index in [4.69, 9.17) is 0 Å². The maximum atomic E-state index is 12.5. The van der Waals surface area contributed by atoms with Crippen molar-refractivity contribution >= 4 is 39.8 Å². The van der Waals surface area contributed by atoms with E-state index in [9.17, 15) is 4.79 Å². The Bertz CT molecular complexity index is 659. The molecular weight excluding hydrogens is 328 g/mol. The summed E-state index contributed by atoms with van der Waals surface area (Å²) in [5.41, 5.74) is 2.07. The fraction of sp³-hybridized carbons (Fsp3) is 0.438. The van der Waals surface area contributed by atoms with Crippen LogP contribution in [0.1, 0.15) is 38.7 Å². The number of thioether (sulfide) groups is 1. The van der Waals surface area contributed by atoms with E-state index < -0.39 is 0 Å². The summed E-state index contributed by atoms with van der Waals surface area (Å²) in [4.78, 5) is 12.5. The fourth-order valence-corrected chi connectivity index (χ4v) is 3.91. The van der Waals surface area contributed by atoms with Gasteiger partial charge in [-0.3, -0.25) is 4.79 Å². The molecule has 1 aromatic heterocycles. The van der Waals surface area contributed by atoms with E-state index in [-0.39, 0.29) is 11.2 Å². The Kier molecular flexibility index (Phi) is 6.41. The smallest absolute Gasteiger partial charge is 0.237 e. The lowest BCUT2D eigenvalue weighted by molar-refractivity contribution is -0.115. The Morgan fingerprint density at radius 1 is 1.30 bits per heavy atom. The maximum absolute atomic E-state index is 12.5. The third-order valence-electron chi connectivity index (χ3n) is 3.63. The molecular formula is C16H22N4OS2. The lowest BCUT2D eigenvalue weighted by Crippen LogP contribution is -2.23. The maximum Gasteiger partial charge on any atom is 0.237 e. The molecule has 0 aliphatic heterocycles. The molecule has 0 bridgehead atoms. The van der Waals surface area contributed by atoms with Crippen LogP contribution in [0.2, 0.25) is 0 Å². The number of aromatic nitrogens is 2. The number of nitrogens with one attached hydrogen (secondary N) is 2. The Morgan fingerprint density at radius 3 is 2.70 bits per heavy atom. The number of anilines is 2. The van der Waals surface area contributed by atoms with Gasteiger partial charge in [0, 0.05) is 12.7 Å². The Balaban J connectivity index is 2.03. The first kappa shape index (κ1) is 17.7. The number of carbonyl (C=O) groups is 1. The first-order chi connectivity index (χ1) is 11.0. The van der Waals surface area contributed by atoms with Crippen molar-refractivity contribution in [1.29, 1.82) is 0 Å². The van der Waals surface area contributed by atoms with Gasteiger partial charge in [0.05, 0.1) is 5.25 Å². The van der Waals surface area contributed by atoms with Gasteiger partial charge >= 0.3 is 0 Å². The van der Waals surface area contributed by atoms with Crippen LogP contribution in [-0.4, -0.2) is 28.4 Å². The Hall–Kier alpha value is -1.60. The second-order valence-electron chi connectivity index (χ2n) is 5.27. The van der Waals surface area contributed by atoms with Gasteiger partial charge in [0.15, 0.2) is 4.34 Å². The topological polar surface area (TPSA) is 66.9 Å². The first-order valence-corrected chi connectivity index (χ1v) is 9.32. The van der Waals surface area contributed by atoms with Crippen molar-refractivity contribution in [3.63, 3.8) is 0 Å². The highest BCUT2D eigenvalue weighted by Crippen LogP contribution is 2.30. The molecule has 7 heteroatoms. The lowest BCUT2D eigenvalue weighted by Gasteiger charge is -2.17. The molecule has 2 aromatic rings. The molecule has 0 aliphatic carbocycles. The van der Waals surface area contributed by atoms with Crippen molar-refractivity contribution in [1.82, 2.24) is 10.2 Å². The van der Waals surface area contributed by atoms with Crippen LogP contribution in [0.15, 0.2) is 28.6 Å². The van der Waals surface area contributed by atoms with Gasteiger partial charge < -0.3 is 10.6 Å². The summed E-state index contributed by atoms with van der Waals surface area (Å²) in [5.74, 6) is 0.391. The minimum Gasteiger partial charge on any atom is -0.363 e. The predicted molar refractivity (Wildman–Crippen MR) is 98.6 cm³/mol. The van der Waals surface area contributed by atoms with Crippen molar-refractivity contribution in [2.24, 2.45) is 0 Å². The summed E-state index contributed by atoms with van der Waals surface area (Å²) < 4.78 is 0.784. The minimum absolute atomic E-state index is 0.0213. The van der Waals surface area contributed by atoms with E-state index in [0.29, 0.717) is 5.92 Å². The van der Waals surface area contributed by atoms with Gasteiger partial charge in [-0.05, 0) is 30.9 Å². The summed E-state index contributed by atoms with van der Waals surface area (Å²) in [6.07, 6.45) is 1.04. The Labute approximate surface area is 145 Å². The van der Waals surface area contributed by atoms with Crippen molar-refractivity contribution in [2.45, 2.75) is 42.7 Å². The molecule has 5 nitrogen and oxygen atoms in total. The van der Waals surface area contributed by atoms with Crippen LogP contribution in [0.3, 0.4) is 0 Å². The summed E-state index contributed by atoms with van der Waals surface area (Å²) in [6, 6.07) is 7.99. The number of amides is 1. The van der Waals surface area contributed by atoms with Gasteiger partial charge in [-0.15, -0.1) is 10.2 Å². The van der Waals surface area contributed by atoms with Crippen LogP contribution in [0.5, 0.6) is 0 Å². The number of carbonyl (C=O) groups excluding carboxylic acids is 1. The zero-order chi connectivity index (χ0) is 16.8. The molecule has 1 aromatic carbocycles. The highest BCUT2D eigenvalue weighted by atomic mass is 32.2. The van der Waals surface area contributed by atoms with Crippen LogP contribution in [-0.2, 0) is 4.79 Å². The molecule has 2 N–H and O–H groups in total. The highest BCUT2D eigenvalue weighted by Gasteiger charge is 2.19. The van der Waals surface area contributed by atoms with Gasteiger partial charge in [0.2, 0.25) is 11.0 Å². The van der Waals surface area contributed by atoms with E-state index in [1.807, 2.05) is 25.1 Å². The molecule has 1 amide bonds. The molecule has 2 rings (SSSR count). The van der Waals surface area contributed by atoms with Crippen molar-refractivity contribution in [3.8, 4) is 0 Å². The molecule has 0 unspecified atom stereocenters. The molecule has 0 aliphatic rings. The van der Waals surface area contributed by atoms with Gasteiger partial charge in [-0.25, -0.2) is 0 Å². The second-order valence-corrected chi connectivity index (χ2v) is 7.83. The van der Waals surface area contributed by atoms with E-state index in [0.717, 1.165) is 21.6 Å². The Morgan fingerprint density at radius 2 is 2.04 bits per heavy atom. The molecule has 0 radical (unpaired) electrons. The molecule has 1 heterocycles. The van der Waals surface area contributed by atoms with Gasteiger partial charge in [0.25, 0.3) is 0 Å². The van der Waals surface area contributed by atoms with Crippen LogP contribution in [0.25, 0.3) is 0 Å². The summed E-state index contributed by atoms with van der Waals surface area (Å²) in [5, 5.41) is 14.6. The molecule has 2 atom stereocenters. The van der Waals surface area contributed by atoms with Crippen molar-refractivity contribution in [2.75, 3.05) is 17.7 Å². The summed E-state index contributed by atoms with van der Waals surface area (Å²) in [6.45, 7) is 6.20. The average Bonchev–Trinajstić information content (AvgIpc) is 3.02.